The van der Waals surface area contributed by atoms with Gasteiger partial charge in [-0.3, -0.25) is 0 Å². The Labute approximate surface area is 118 Å². The Kier molecular flexibility index (Phi) is 3.45. The van der Waals surface area contributed by atoms with Gasteiger partial charge >= 0.3 is 0 Å². The summed E-state index contributed by atoms with van der Waals surface area (Å²) >= 11 is 6.00. The molecule has 0 heterocycles. The molecule has 4 nitrogen and oxygen atoms in total. The van der Waals surface area contributed by atoms with Gasteiger partial charge in [0.15, 0.2) is 0 Å². The number of rotatable bonds is 3. The third kappa shape index (κ3) is 2.18. The summed E-state index contributed by atoms with van der Waals surface area (Å²) in [6.45, 7) is 8.26. The largest absolute Gasteiger partial charge is 0.489 e. The summed E-state index contributed by atoms with van der Waals surface area (Å²) in [5.41, 5.74) is 8.27. The number of hydrogen-bond acceptors (Lipinski definition) is 4. The first-order chi connectivity index (χ1) is 8.71. The van der Waals surface area contributed by atoms with Gasteiger partial charge in [0.2, 0.25) is 0 Å². The predicted molar refractivity (Wildman–Crippen MR) is 76.6 cm³/mol. The Balaban J connectivity index is 2.21. The van der Waals surface area contributed by atoms with Gasteiger partial charge in [-0.2, -0.15) is 0 Å². The van der Waals surface area contributed by atoms with E-state index in [4.69, 9.17) is 22.1 Å². The van der Waals surface area contributed by atoms with Gasteiger partial charge in [-0.25, -0.2) is 5.48 Å². The average molecular weight is 285 g/mol. The molecule has 0 bridgehead atoms. The molecular formula is C14H21ClN2O2. The van der Waals surface area contributed by atoms with Crippen LogP contribution in [0.25, 0.3) is 0 Å². The van der Waals surface area contributed by atoms with Crippen molar-refractivity contribution in [2.45, 2.75) is 39.8 Å². The second-order valence-electron chi connectivity index (χ2n) is 6.39. The number of nitrogen functional groups attached to an aromatic ring is 1. The topological polar surface area (TPSA) is 67.5 Å². The van der Waals surface area contributed by atoms with Crippen LogP contribution in [-0.4, -0.2) is 17.4 Å². The van der Waals surface area contributed by atoms with Gasteiger partial charge in [0, 0.05) is 22.9 Å². The Morgan fingerprint density at radius 2 is 1.84 bits per heavy atom. The van der Waals surface area contributed by atoms with Crippen LogP contribution in [-0.2, 0) is 0 Å². The molecule has 1 aliphatic carbocycles. The molecule has 1 saturated carbocycles. The Hall–Kier alpha value is -0.970. The maximum Gasteiger partial charge on any atom is 0.121 e. The fourth-order valence-electron chi connectivity index (χ4n) is 3.48. The lowest BCUT2D eigenvalue weighted by atomic mass is 9.49. The third-order valence-electron chi connectivity index (χ3n) is 4.19. The Bertz CT molecular complexity index is 472. The van der Waals surface area contributed by atoms with Crippen LogP contribution in [0.15, 0.2) is 18.2 Å². The minimum Gasteiger partial charge on any atom is -0.489 e. The van der Waals surface area contributed by atoms with Gasteiger partial charge in [0.25, 0.3) is 0 Å². The van der Waals surface area contributed by atoms with Crippen LogP contribution in [0.4, 0.5) is 5.69 Å². The van der Waals surface area contributed by atoms with Crippen molar-refractivity contribution in [3.05, 3.63) is 23.2 Å². The summed E-state index contributed by atoms with van der Waals surface area (Å²) < 4.78 is 6.06. The van der Waals surface area contributed by atoms with Gasteiger partial charge in [-0.15, -0.1) is 0 Å². The van der Waals surface area contributed by atoms with E-state index in [1.54, 1.807) is 12.1 Å². The van der Waals surface area contributed by atoms with Crippen molar-refractivity contribution in [2.75, 3.05) is 5.73 Å². The number of hydroxylamine groups is 1. The fraction of sp³-hybridized carbons (Fsp3) is 0.571. The number of ether oxygens (including phenoxy) is 1. The number of halogens is 1. The zero-order chi connectivity index (χ0) is 14.4. The summed E-state index contributed by atoms with van der Waals surface area (Å²) in [6, 6.07) is 5.25. The van der Waals surface area contributed by atoms with Gasteiger partial charge < -0.3 is 15.7 Å². The molecule has 0 spiro atoms. The van der Waals surface area contributed by atoms with Crippen LogP contribution >= 0.6 is 11.6 Å². The Morgan fingerprint density at radius 1 is 1.26 bits per heavy atom. The quantitative estimate of drug-likeness (QED) is 0.589. The van der Waals surface area contributed by atoms with E-state index in [9.17, 15) is 5.21 Å². The molecule has 1 aromatic rings. The van der Waals surface area contributed by atoms with Gasteiger partial charge in [-0.05, 0) is 12.1 Å². The van der Waals surface area contributed by atoms with Gasteiger partial charge in [0.1, 0.15) is 11.9 Å². The molecule has 0 saturated heterocycles. The van der Waals surface area contributed by atoms with Gasteiger partial charge in [0.05, 0.1) is 10.7 Å². The molecule has 106 valence electrons. The highest BCUT2D eigenvalue weighted by atomic mass is 35.5. The lowest BCUT2D eigenvalue weighted by molar-refractivity contribution is -0.197. The molecular weight excluding hydrogens is 264 g/mol. The Morgan fingerprint density at radius 3 is 2.32 bits per heavy atom. The lowest BCUT2D eigenvalue weighted by Crippen LogP contribution is -2.73. The van der Waals surface area contributed by atoms with Crippen molar-refractivity contribution in [2.24, 2.45) is 10.8 Å². The van der Waals surface area contributed by atoms with Crippen LogP contribution in [0.3, 0.4) is 0 Å². The van der Waals surface area contributed by atoms with Crippen molar-refractivity contribution in [3.63, 3.8) is 0 Å². The number of nitrogens with two attached hydrogens (primary N) is 1. The van der Waals surface area contributed by atoms with E-state index in [0.29, 0.717) is 16.5 Å². The smallest absolute Gasteiger partial charge is 0.121 e. The predicted octanol–water partition coefficient (Wildman–Crippen LogP) is 3.08. The van der Waals surface area contributed by atoms with Crippen molar-refractivity contribution >= 4 is 17.3 Å². The highest BCUT2D eigenvalue weighted by molar-refractivity contribution is 6.33. The summed E-state index contributed by atoms with van der Waals surface area (Å²) in [5.74, 6) is 0.696. The molecule has 0 radical (unpaired) electrons. The SMILES string of the molecule is CC1(C)C(NO)C(C)(C)C1Oc1ccc(N)c(Cl)c1. The van der Waals surface area contributed by atoms with E-state index in [0.717, 1.165) is 0 Å². The van der Waals surface area contributed by atoms with E-state index in [1.807, 2.05) is 6.07 Å². The summed E-state index contributed by atoms with van der Waals surface area (Å²) in [4.78, 5) is 0. The van der Waals surface area contributed by atoms with Crippen LogP contribution in [0, 0.1) is 10.8 Å². The molecule has 0 amide bonds. The molecule has 19 heavy (non-hydrogen) atoms. The van der Waals surface area contributed by atoms with Crippen molar-refractivity contribution in [1.29, 1.82) is 0 Å². The van der Waals surface area contributed by atoms with E-state index >= 15 is 0 Å². The first-order valence-electron chi connectivity index (χ1n) is 6.32. The molecule has 5 heteroatoms. The number of nitrogens with one attached hydrogen (secondary N) is 1. The van der Waals surface area contributed by atoms with E-state index in [2.05, 4.69) is 33.2 Å². The fourth-order valence-corrected chi connectivity index (χ4v) is 3.65. The standard InChI is InChI=1S/C14H21ClN2O2/c1-13(2)11(17-18)14(3,4)12(13)19-8-5-6-10(16)9(15)7-8/h5-7,11-12,17-18H,16H2,1-4H3. The van der Waals surface area contributed by atoms with Crippen molar-refractivity contribution < 1.29 is 9.94 Å². The molecule has 1 aliphatic rings. The molecule has 0 aliphatic heterocycles. The number of anilines is 1. The summed E-state index contributed by atoms with van der Waals surface area (Å²) in [6.07, 6.45) is -0.0238. The second-order valence-corrected chi connectivity index (χ2v) is 6.79. The maximum atomic E-state index is 9.28. The monoisotopic (exact) mass is 284 g/mol. The van der Waals surface area contributed by atoms with Crippen LogP contribution in [0.1, 0.15) is 27.7 Å². The minimum absolute atomic E-state index is 0.0192. The van der Waals surface area contributed by atoms with Gasteiger partial charge in [-0.1, -0.05) is 39.3 Å². The first kappa shape index (κ1) is 14.4. The average Bonchev–Trinajstić information content (AvgIpc) is 2.30. The summed E-state index contributed by atoms with van der Waals surface area (Å²) in [5, 5.41) is 9.77. The molecule has 1 aromatic carbocycles. The van der Waals surface area contributed by atoms with Crippen LogP contribution in [0.5, 0.6) is 5.75 Å². The highest BCUT2D eigenvalue weighted by Crippen LogP contribution is 2.55. The van der Waals surface area contributed by atoms with E-state index in [1.165, 1.54) is 0 Å². The maximum absolute atomic E-state index is 9.28. The summed E-state index contributed by atoms with van der Waals surface area (Å²) in [7, 11) is 0. The van der Waals surface area contributed by atoms with E-state index < -0.39 is 0 Å². The lowest BCUT2D eigenvalue weighted by Gasteiger charge is -2.62. The first-order valence-corrected chi connectivity index (χ1v) is 6.70. The van der Waals surface area contributed by atoms with E-state index in [-0.39, 0.29) is 23.0 Å². The molecule has 2 rings (SSSR count). The van der Waals surface area contributed by atoms with Crippen molar-refractivity contribution in [3.8, 4) is 5.75 Å². The van der Waals surface area contributed by atoms with Crippen molar-refractivity contribution in [1.82, 2.24) is 5.48 Å². The highest BCUT2D eigenvalue weighted by Gasteiger charge is 2.63. The number of benzene rings is 1. The zero-order valence-corrected chi connectivity index (χ0v) is 12.5. The van der Waals surface area contributed by atoms with Crippen LogP contribution < -0.4 is 16.0 Å². The number of hydrogen-bond donors (Lipinski definition) is 3. The molecule has 0 aromatic heterocycles. The molecule has 0 unspecified atom stereocenters. The van der Waals surface area contributed by atoms with Crippen LogP contribution in [0.2, 0.25) is 5.02 Å². The third-order valence-corrected chi connectivity index (χ3v) is 4.52. The molecule has 0 atom stereocenters. The second kappa shape index (κ2) is 4.54. The molecule has 4 N–H and O–H groups in total. The molecule has 1 fully saturated rings. The zero-order valence-electron chi connectivity index (χ0n) is 11.7. The normalized spacial score (nSPS) is 27.7. The minimum atomic E-state index is -0.174.